The van der Waals surface area contributed by atoms with Gasteiger partial charge in [-0.1, -0.05) is 71.8 Å². The number of piperidine rings is 1. The first kappa shape index (κ1) is 24.8. The number of para-hydroxylation sites is 2. The quantitative estimate of drug-likeness (QED) is 0.407. The summed E-state index contributed by atoms with van der Waals surface area (Å²) in [7, 11) is 0. The zero-order chi connectivity index (χ0) is 25.8. The van der Waals surface area contributed by atoms with E-state index in [9.17, 15) is 9.59 Å². The Hall–Kier alpha value is -3.93. The number of fused-ring (bicyclic) bond motifs is 1. The molecule has 2 heterocycles. The van der Waals surface area contributed by atoms with Crippen molar-refractivity contribution in [1.29, 1.82) is 0 Å². The maximum absolute atomic E-state index is 13.7. The van der Waals surface area contributed by atoms with Gasteiger partial charge in [-0.2, -0.15) is 0 Å². The maximum atomic E-state index is 13.7. The highest BCUT2D eigenvalue weighted by Gasteiger charge is 2.28. The molecule has 0 saturated carbocycles. The first-order valence-electron chi connectivity index (χ1n) is 13.1. The number of amides is 1. The van der Waals surface area contributed by atoms with Gasteiger partial charge < -0.3 is 10.2 Å². The largest absolute Gasteiger partial charge is 0.355 e. The van der Waals surface area contributed by atoms with Crippen LogP contribution in [0.2, 0.25) is 0 Å². The van der Waals surface area contributed by atoms with Crippen LogP contribution in [0.4, 0.5) is 5.82 Å². The molecule has 0 radical (unpaired) electrons. The van der Waals surface area contributed by atoms with E-state index in [1.54, 1.807) is 0 Å². The van der Waals surface area contributed by atoms with Crippen LogP contribution < -0.4 is 15.8 Å². The molecular formula is C31H34N4O2. The lowest BCUT2D eigenvalue weighted by atomic mass is 9.97. The number of carbonyl (C=O) groups excluding carboxylic acids is 1. The number of aryl methyl sites for hydroxylation is 2. The van der Waals surface area contributed by atoms with Crippen molar-refractivity contribution in [3.05, 3.63) is 105 Å². The third-order valence-electron chi connectivity index (χ3n) is 7.22. The Morgan fingerprint density at radius 3 is 2.35 bits per heavy atom. The number of nitrogens with one attached hydrogen (secondary N) is 1. The lowest BCUT2D eigenvalue weighted by Crippen LogP contribution is -2.46. The van der Waals surface area contributed by atoms with Gasteiger partial charge in [-0.25, -0.2) is 4.98 Å². The van der Waals surface area contributed by atoms with E-state index in [2.05, 4.69) is 67.7 Å². The Kier molecular flexibility index (Phi) is 7.35. The smallest absolute Gasteiger partial charge is 0.294 e. The van der Waals surface area contributed by atoms with Crippen molar-refractivity contribution in [2.45, 2.75) is 39.7 Å². The van der Waals surface area contributed by atoms with Gasteiger partial charge in [-0.3, -0.25) is 14.2 Å². The van der Waals surface area contributed by atoms with Gasteiger partial charge in [0.25, 0.3) is 5.56 Å². The number of carbonyl (C=O) groups is 1. The Morgan fingerprint density at radius 1 is 0.946 bits per heavy atom. The molecule has 4 aromatic rings. The van der Waals surface area contributed by atoms with Crippen molar-refractivity contribution < 1.29 is 4.79 Å². The molecule has 6 heteroatoms. The van der Waals surface area contributed by atoms with Crippen LogP contribution in [0.1, 0.15) is 35.1 Å². The molecule has 1 unspecified atom stereocenters. The van der Waals surface area contributed by atoms with Crippen LogP contribution in [0.3, 0.4) is 0 Å². The minimum absolute atomic E-state index is 0.0533. The molecule has 1 aliphatic rings. The molecule has 0 aliphatic carbocycles. The molecule has 37 heavy (non-hydrogen) atoms. The molecule has 1 atom stereocenters. The lowest BCUT2D eigenvalue weighted by Gasteiger charge is -2.32. The Morgan fingerprint density at radius 2 is 1.62 bits per heavy atom. The van der Waals surface area contributed by atoms with E-state index in [1.807, 2.05) is 33.7 Å². The highest BCUT2D eigenvalue weighted by Crippen LogP contribution is 2.22. The van der Waals surface area contributed by atoms with Crippen LogP contribution in [0, 0.1) is 19.8 Å². The van der Waals surface area contributed by atoms with Crippen molar-refractivity contribution in [2.24, 2.45) is 5.92 Å². The third-order valence-corrected chi connectivity index (χ3v) is 7.22. The van der Waals surface area contributed by atoms with Crippen molar-refractivity contribution in [3.8, 4) is 0 Å². The SMILES string of the molecule is Cc1ccc(CCNC(=O)C2CCCN(c3nc4ccccc4n(Cc4ccc(C)cc4)c3=O)C2)cc1. The summed E-state index contributed by atoms with van der Waals surface area (Å²) in [6.07, 6.45) is 2.47. The fourth-order valence-electron chi connectivity index (χ4n) is 5.03. The summed E-state index contributed by atoms with van der Waals surface area (Å²) in [5.74, 6) is 0.325. The van der Waals surface area contributed by atoms with Gasteiger partial charge in [0.2, 0.25) is 5.91 Å². The normalized spacial score (nSPS) is 15.6. The highest BCUT2D eigenvalue weighted by atomic mass is 16.2. The summed E-state index contributed by atoms with van der Waals surface area (Å²) >= 11 is 0. The molecule has 1 saturated heterocycles. The molecule has 3 aromatic carbocycles. The summed E-state index contributed by atoms with van der Waals surface area (Å²) in [6, 6.07) is 24.4. The number of nitrogens with zero attached hydrogens (tertiary/aromatic N) is 3. The molecule has 1 N–H and O–H groups in total. The van der Waals surface area contributed by atoms with Gasteiger partial charge >= 0.3 is 0 Å². The van der Waals surface area contributed by atoms with Crippen molar-refractivity contribution in [2.75, 3.05) is 24.5 Å². The van der Waals surface area contributed by atoms with Gasteiger partial charge in [-0.05, 0) is 56.4 Å². The molecule has 1 aliphatic heterocycles. The molecule has 6 nitrogen and oxygen atoms in total. The van der Waals surface area contributed by atoms with E-state index >= 15 is 0 Å². The number of hydrogen-bond acceptors (Lipinski definition) is 4. The highest BCUT2D eigenvalue weighted by molar-refractivity contribution is 5.80. The summed E-state index contributed by atoms with van der Waals surface area (Å²) in [5, 5.41) is 3.11. The van der Waals surface area contributed by atoms with E-state index < -0.39 is 0 Å². The van der Waals surface area contributed by atoms with E-state index in [0.717, 1.165) is 42.4 Å². The first-order valence-corrected chi connectivity index (χ1v) is 13.1. The zero-order valence-electron chi connectivity index (χ0n) is 21.6. The fraction of sp³-hybridized carbons (Fsp3) is 0.323. The van der Waals surface area contributed by atoms with E-state index in [1.165, 1.54) is 16.7 Å². The van der Waals surface area contributed by atoms with Gasteiger partial charge in [0.15, 0.2) is 5.82 Å². The first-order chi connectivity index (χ1) is 18.0. The minimum Gasteiger partial charge on any atom is -0.355 e. The fourth-order valence-corrected chi connectivity index (χ4v) is 5.03. The van der Waals surface area contributed by atoms with E-state index in [-0.39, 0.29) is 17.4 Å². The van der Waals surface area contributed by atoms with Gasteiger partial charge in [0.05, 0.1) is 23.5 Å². The molecule has 1 aromatic heterocycles. The maximum Gasteiger partial charge on any atom is 0.294 e. The van der Waals surface area contributed by atoms with Crippen LogP contribution in [-0.2, 0) is 17.8 Å². The average Bonchev–Trinajstić information content (AvgIpc) is 2.92. The zero-order valence-corrected chi connectivity index (χ0v) is 21.6. The Bertz CT molecular complexity index is 1440. The molecular weight excluding hydrogens is 460 g/mol. The molecule has 1 fully saturated rings. The standard InChI is InChI=1S/C31H34N4O2/c1-22-9-13-24(14-10-22)17-18-32-30(36)26-6-5-19-34(21-26)29-31(37)35(20-25-15-11-23(2)12-16-25)28-8-4-3-7-27(28)33-29/h3-4,7-16,26H,5-6,17-21H2,1-2H3,(H,32,36). The van der Waals surface area contributed by atoms with Gasteiger partial charge in [0.1, 0.15) is 0 Å². The summed E-state index contributed by atoms with van der Waals surface area (Å²) in [5.41, 5.74) is 6.20. The predicted octanol–water partition coefficient (Wildman–Crippen LogP) is 4.64. The second-order valence-electron chi connectivity index (χ2n) is 10.1. The molecule has 0 spiro atoms. The molecule has 5 rings (SSSR count). The van der Waals surface area contributed by atoms with Crippen molar-refractivity contribution in [3.63, 3.8) is 0 Å². The third kappa shape index (κ3) is 5.74. The topological polar surface area (TPSA) is 67.2 Å². The van der Waals surface area contributed by atoms with Crippen LogP contribution >= 0.6 is 0 Å². The van der Waals surface area contributed by atoms with Gasteiger partial charge in [-0.15, -0.1) is 0 Å². The minimum atomic E-state index is -0.162. The Labute approximate surface area is 218 Å². The Balaban J connectivity index is 1.33. The van der Waals surface area contributed by atoms with Crippen LogP contribution in [0.25, 0.3) is 11.0 Å². The summed E-state index contributed by atoms with van der Waals surface area (Å²) in [4.78, 5) is 33.5. The number of aromatic nitrogens is 2. The molecule has 190 valence electrons. The summed E-state index contributed by atoms with van der Waals surface area (Å²) < 4.78 is 1.81. The summed E-state index contributed by atoms with van der Waals surface area (Å²) in [6.45, 7) is 6.44. The second-order valence-corrected chi connectivity index (χ2v) is 10.1. The second kappa shape index (κ2) is 11.0. The predicted molar refractivity (Wildman–Crippen MR) is 149 cm³/mol. The number of benzene rings is 3. The lowest BCUT2D eigenvalue weighted by molar-refractivity contribution is -0.125. The van der Waals surface area contributed by atoms with E-state index in [4.69, 9.17) is 4.98 Å². The number of anilines is 1. The molecule has 1 amide bonds. The van der Waals surface area contributed by atoms with Gasteiger partial charge in [0, 0.05) is 19.6 Å². The molecule has 0 bridgehead atoms. The van der Waals surface area contributed by atoms with Crippen LogP contribution in [0.15, 0.2) is 77.6 Å². The van der Waals surface area contributed by atoms with Crippen LogP contribution in [0.5, 0.6) is 0 Å². The average molecular weight is 495 g/mol. The van der Waals surface area contributed by atoms with Crippen LogP contribution in [-0.4, -0.2) is 35.1 Å². The monoisotopic (exact) mass is 494 g/mol. The van der Waals surface area contributed by atoms with Crippen molar-refractivity contribution >= 4 is 22.8 Å². The number of rotatable bonds is 7. The van der Waals surface area contributed by atoms with E-state index in [0.29, 0.717) is 25.5 Å². The number of hydrogen-bond donors (Lipinski definition) is 1. The van der Waals surface area contributed by atoms with Crippen molar-refractivity contribution in [1.82, 2.24) is 14.9 Å².